The largest absolute Gasteiger partial charge is 0.432 e. The van der Waals surface area contributed by atoms with Gasteiger partial charge in [0.15, 0.2) is 5.75 Å². The number of nitrogens with zero attached hydrogens (tertiary/aromatic N) is 3. The fourth-order valence-electron chi connectivity index (χ4n) is 2.11. The molecule has 1 aromatic heterocycles. The molecule has 0 aliphatic heterocycles. The molecule has 21 heavy (non-hydrogen) atoms. The van der Waals surface area contributed by atoms with Gasteiger partial charge in [0.1, 0.15) is 0 Å². The average Bonchev–Trinajstić information content (AvgIpc) is 3.27. The van der Waals surface area contributed by atoms with E-state index in [4.69, 9.17) is 10.5 Å². The molecule has 0 amide bonds. The molecule has 1 aliphatic carbocycles. The zero-order valence-electron chi connectivity index (χ0n) is 12.1. The Balaban J connectivity index is 1.95. The van der Waals surface area contributed by atoms with Gasteiger partial charge in [0.05, 0.1) is 5.69 Å². The average molecular weight is 286 g/mol. The molecule has 3 rings (SSSR count). The van der Waals surface area contributed by atoms with Crippen LogP contribution in [0.2, 0.25) is 0 Å². The van der Waals surface area contributed by atoms with Crippen LogP contribution < -0.4 is 20.9 Å². The van der Waals surface area contributed by atoms with Crippen LogP contribution in [0.5, 0.6) is 11.6 Å². The third kappa shape index (κ3) is 2.69. The van der Waals surface area contributed by atoms with Gasteiger partial charge in [0, 0.05) is 44.3 Å². The number of benzene rings is 1. The Morgan fingerprint density at radius 3 is 2.81 bits per heavy atom. The summed E-state index contributed by atoms with van der Waals surface area (Å²) < 4.78 is 7.33. The molecule has 110 valence electrons. The van der Waals surface area contributed by atoms with E-state index >= 15 is 0 Å². The number of ether oxygens (including phenoxy) is 1. The van der Waals surface area contributed by atoms with Crippen LogP contribution in [0.15, 0.2) is 35.4 Å². The lowest BCUT2D eigenvalue weighted by Gasteiger charge is -2.15. The Morgan fingerprint density at radius 1 is 1.38 bits per heavy atom. The molecule has 1 fully saturated rings. The van der Waals surface area contributed by atoms with Crippen molar-refractivity contribution in [2.75, 3.05) is 24.7 Å². The molecule has 2 aromatic rings. The quantitative estimate of drug-likeness (QED) is 0.870. The number of aromatic nitrogens is 2. The molecule has 1 aromatic carbocycles. The van der Waals surface area contributed by atoms with Crippen molar-refractivity contribution >= 4 is 11.4 Å². The molecular formula is C15H18N4O2. The number of anilines is 2. The van der Waals surface area contributed by atoms with Crippen molar-refractivity contribution < 1.29 is 4.74 Å². The van der Waals surface area contributed by atoms with Gasteiger partial charge in [-0.25, -0.2) is 4.98 Å². The van der Waals surface area contributed by atoms with E-state index in [0.29, 0.717) is 11.4 Å². The summed E-state index contributed by atoms with van der Waals surface area (Å²) in [4.78, 5) is 18.3. The predicted molar refractivity (Wildman–Crippen MR) is 82.0 cm³/mol. The molecule has 0 saturated heterocycles. The molecule has 0 atom stereocenters. The van der Waals surface area contributed by atoms with Crippen LogP contribution in [0, 0.1) is 0 Å². The van der Waals surface area contributed by atoms with E-state index in [1.165, 1.54) is 0 Å². The first kappa shape index (κ1) is 13.5. The molecule has 6 heteroatoms. The lowest BCUT2D eigenvalue weighted by Crippen LogP contribution is -2.20. The number of hydrogen-bond donors (Lipinski definition) is 1. The topological polar surface area (TPSA) is 73.4 Å². The number of rotatable bonds is 4. The Bertz CT molecular complexity index is 720. The standard InChI is InChI=1S/C15H18N4O2/c1-18(2)11-5-6-12(16)13(9-11)21-14-15(20)19(8-7-17-14)10-3-4-10/h5-10H,3-4,16H2,1-2H3. The van der Waals surface area contributed by atoms with Crippen LogP contribution in [0.1, 0.15) is 18.9 Å². The summed E-state index contributed by atoms with van der Waals surface area (Å²) in [6.07, 6.45) is 5.34. The monoisotopic (exact) mass is 286 g/mol. The first-order valence-electron chi connectivity index (χ1n) is 6.88. The normalized spacial score (nSPS) is 14.0. The van der Waals surface area contributed by atoms with E-state index in [0.717, 1.165) is 18.5 Å². The van der Waals surface area contributed by atoms with E-state index in [-0.39, 0.29) is 17.5 Å². The fraction of sp³-hybridized carbons (Fsp3) is 0.333. The molecule has 1 heterocycles. The predicted octanol–water partition coefficient (Wildman–Crippen LogP) is 2.02. The Labute approximate surface area is 122 Å². The molecule has 0 bridgehead atoms. The van der Waals surface area contributed by atoms with Crippen molar-refractivity contribution in [3.63, 3.8) is 0 Å². The lowest BCUT2D eigenvalue weighted by atomic mass is 10.2. The van der Waals surface area contributed by atoms with Crippen LogP contribution in [0.25, 0.3) is 0 Å². The van der Waals surface area contributed by atoms with Crippen molar-refractivity contribution in [2.24, 2.45) is 0 Å². The van der Waals surface area contributed by atoms with E-state index < -0.39 is 0 Å². The van der Waals surface area contributed by atoms with Crippen molar-refractivity contribution in [1.29, 1.82) is 0 Å². The van der Waals surface area contributed by atoms with E-state index in [1.807, 2.05) is 25.1 Å². The molecule has 0 radical (unpaired) electrons. The zero-order chi connectivity index (χ0) is 15.0. The minimum absolute atomic E-state index is 0.0620. The minimum atomic E-state index is -0.213. The maximum absolute atomic E-state index is 12.3. The summed E-state index contributed by atoms with van der Waals surface area (Å²) in [5.74, 6) is 0.506. The SMILES string of the molecule is CN(C)c1ccc(N)c(Oc2nccn(C3CC3)c2=O)c1. The molecule has 0 spiro atoms. The maximum atomic E-state index is 12.3. The first-order chi connectivity index (χ1) is 10.1. The van der Waals surface area contributed by atoms with Crippen molar-refractivity contribution in [1.82, 2.24) is 9.55 Å². The molecule has 6 nitrogen and oxygen atoms in total. The Hall–Kier alpha value is -2.50. The van der Waals surface area contributed by atoms with E-state index in [2.05, 4.69) is 4.98 Å². The summed E-state index contributed by atoms with van der Waals surface area (Å²) in [6.45, 7) is 0. The van der Waals surface area contributed by atoms with Gasteiger partial charge in [0.2, 0.25) is 0 Å². The van der Waals surface area contributed by atoms with Gasteiger partial charge in [-0.1, -0.05) is 0 Å². The van der Waals surface area contributed by atoms with Crippen molar-refractivity contribution in [3.8, 4) is 11.6 Å². The van der Waals surface area contributed by atoms with Gasteiger partial charge >= 0.3 is 5.56 Å². The minimum Gasteiger partial charge on any atom is -0.432 e. The third-order valence-electron chi connectivity index (χ3n) is 3.50. The van der Waals surface area contributed by atoms with Crippen LogP contribution in [0.3, 0.4) is 0 Å². The molecule has 1 saturated carbocycles. The van der Waals surface area contributed by atoms with E-state index in [9.17, 15) is 4.79 Å². The van der Waals surface area contributed by atoms with E-state index in [1.54, 1.807) is 29.1 Å². The van der Waals surface area contributed by atoms with Gasteiger partial charge < -0.3 is 19.9 Å². The molecule has 0 unspecified atom stereocenters. The van der Waals surface area contributed by atoms with Gasteiger partial charge in [-0.3, -0.25) is 4.79 Å². The Kier molecular flexibility index (Phi) is 3.29. The summed E-state index contributed by atoms with van der Waals surface area (Å²) in [7, 11) is 3.85. The second-order valence-electron chi connectivity index (χ2n) is 5.39. The van der Waals surface area contributed by atoms with Gasteiger partial charge in [-0.15, -0.1) is 0 Å². The van der Waals surface area contributed by atoms with Crippen LogP contribution in [-0.4, -0.2) is 23.6 Å². The first-order valence-corrected chi connectivity index (χ1v) is 6.88. The van der Waals surface area contributed by atoms with Crippen LogP contribution in [0.4, 0.5) is 11.4 Å². The summed E-state index contributed by atoms with van der Waals surface area (Å²) in [5, 5.41) is 0. The summed E-state index contributed by atoms with van der Waals surface area (Å²) in [6, 6.07) is 5.73. The fourth-order valence-corrected chi connectivity index (χ4v) is 2.11. The third-order valence-corrected chi connectivity index (χ3v) is 3.50. The highest BCUT2D eigenvalue weighted by Gasteiger charge is 2.25. The van der Waals surface area contributed by atoms with Crippen molar-refractivity contribution in [2.45, 2.75) is 18.9 Å². The maximum Gasteiger partial charge on any atom is 0.313 e. The Morgan fingerprint density at radius 2 is 2.14 bits per heavy atom. The summed E-state index contributed by atoms with van der Waals surface area (Å²) in [5.41, 5.74) is 7.12. The molecule has 1 aliphatic rings. The zero-order valence-corrected chi connectivity index (χ0v) is 12.1. The van der Waals surface area contributed by atoms with Crippen LogP contribution >= 0.6 is 0 Å². The lowest BCUT2D eigenvalue weighted by molar-refractivity contribution is 0.446. The van der Waals surface area contributed by atoms with Gasteiger partial charge in [-0.2, -0.15) is 0 Å². The van der Waals surface area contributed by atoms with Gasteiger partial charge in [-0.05, 0) is 25.0 Å². The number of nitrogen functional groups attached to an aromatic ring is 1. The number of nitrogens with two attached hydrogens (primary N) is 1. The number of hydrogen-bond acceptors (Lipinski definition) is 5. The second kappa shape index (κ2) is 5.12. The second-order valence-corrected chi connectivity index (χ2v) is 5.39. The summed E-state index contributed by atoms with van der Waals surface area (Å²) >= 11 is 0. The highest BCUT2D eigenvalue weighted by atomic mass is 16.5. The smallest absolute Gasteiger partial charge is 0.313 e. The van der Waals surface area contributed by atoms with Crippen molar-refractivity contribution in [3.05, 3.63) is 40.9 Å². The van der Waals surface area contributed by atoms with Crippen LogP contribution in [-0.2, 0) is 0 Å². The molecule has 2 N–H and O–H groups in total. The highest BCUT2D eigenvalue weighted by Crippen LogP contribution is 2.34. The highest BCUT2D eigenvalue weighted by molar-refractivity contribution is 5.62. The molecular weight excluding hydrogens is 268 g/mol. The van der Waals surface area contributed by atoms with Gasteiger partial charge in [0.25, 0.3) is 5.88 Å².